The second-order valence-electron chi connectivity index (χ2n) is 10.3. The lowest BCUT2D eigenvalue weighted by Gasteiger charge is -2.28. The number of nitrogen functional groups attached to an aromatic ring is 1. The second kappa shape index (κ2) is 11.7. The van der Waals surface area contributed by atoms with Crippen LogP contribution in [0.5, 0.6) is 0 Å². The molecule has 2 unspecified atom stereocenters. The Morgan fingerprint density at radius 3 is 2.29 bits per heavy atom. The van der Waals surface area contributed by atoms with E-state index in [1.54, 1.807) is 24.3 Å². The van der Waals surface area contributed by atoms with Crippen LogP contribution in [-0.4, -0.2) is 98.9 Å². The Morgan fingerprint density at radius 2 is 1.51 bits per heavy atom. The van der Waals surface area contributed by atoms with Crippen LogP contribution in [0.1, 0.15) is 12.5 Å². The van der Waals surface area contributed by atoms with E-state index in [2.05, 4.69) is 19.9 Å². The number of nitrogens with two attached hydrogens (primary N) is 1. The zero-order valence-electron chi connectivity index (χ0n) is 22.7. The van der Waals surface area contributed by atoms with Gasteiger partial charge in [0.15, 0.2) is 23.9 Å². The number of aliphatic hydroxyl groups is 2. The van der Waals surface area contributed by atoms with Crippen LogP contribution in [0.3, 0.4) is 0 Å². The van der Waals surface area contributed by atoms with Crippen LogP contribution < -0.4 is 11.3 Å². The molecular weight excluding hydrogens is 676 g/mol. The van der Waals surface area contributed by atoms with Gasteiger partial charge in [0.1, 0.15) is 54.8 Å². The summed E-state index contributed by atoms with van der Waals surface area (Å²) in [6.45, 7) is -9.43. The van der Waals surface area contributed by atoms with Crippen molar-refractivity contribution >= 4 is 64.9 Å². The van der Waals surface area contributed by atoms with Gasteiger partial charge in [0.25, 0.3) is 5.56 Å². The van der Waals surface area contributed by atoms with Gasteiger partial charge in [-0.05, 0) is 35.7 Å². The maximum absolute atomic E-state index is 13.3. The van der Waals surface area contributed by atoms with Crippen molar-refractivity contribution in [2.75, 3.05) is 18.9 Å². The van der Waals surface area contributed by atoms with Crippen LogP contribution in [0.15, 0.2) is 48.0 Å². The SMILES string of the molecule is Nc1ncnc2c1ncn2[C@@H]1O[C@@H]2COP(O)(=S)O[C@H]3[C@@H](O)[C@H](n4cnc5ccccc5c4=O)O[C@@H]3COP(O)(=S)O[C@@H]1[C@@H]2O. The third-order valence-corrected chi connectivity index (χ3v) is 10.7. The van der Waals surface area contributed by atoms with E-state index in [0.29, 0.717) is 5.52 Å². The molecule has 22 heteroatoms. The number of aliphatic hydroxyl groups excluding tert-OH is 2. The summed E-state index contributed by atoms with van der Waals surface area (Å²) in [5.74, 6) is 0.0962. The summed E-state index contributed by atoms with van der Waals surface area (Å²) in [5.41, 5.74) is 6.31. The van der Waals surface area contributed by atoms with Crippen LogP contribution in [-0.2, 0) is 51.2 Å². The number of anilines is 1. The third kappa shape index (κ3) is 5.74. The predicted octanol–water partition coefficient (Wildman–Crippen LogP) is -0.414. The van der Waals surface area contributed by atoms with Crippen molar-refractivity contribution in [2.24, 2.45) is 0 Å². The topological polar surface area (TPSA) is 241 Å². The largest absolute Gasteiger partial charge is 0.387 e. The molecule has 0 aliphatic carbocycles. The highest BCUT2D eigenvalue weighted by atomic mass is 32.5. The smallest absolute Gasteiger partial charge is 0.325 e. The number of nitrogens with zero attached hydrogens (tertiary/aromatic N) is 6. The standard InChI is InChI=1S/C23H25N7O11P2S2/c24-19-14-20(26-7-25-19)29(9-28-14)23-18-15(31)12(38-23)5-36-42(34,44)40-17-13(6-37-43(35,45)41-18)39-22(16(17)32)30-8-27-11-4-2-1-3-10(11)21(30)33/h1-4,7-9,12-13,15-18,22-23,31-32H,5-6H2,(H,34,44)(H,35,45)(H2,24,25,26)/t12-,13-,15-,16-,17-,18-,22-,23-,42?,43?/m1/s1. The molecule has 3 aliphatic heterocycles. The zero-order chi connectivity index (χ0) is 31.7. The first kappa shape index (κ1) is 31.2. The lowest BCUT2D eigenvalue weighted by molar-refractivity contribution is -0.0619. The Kier molecular flexibility index (Phi) is 8.11. The van der Waals surface area contributed by atoms with E-state index in [9.17, 15) is 24.8 Å². The van der Waals surface area contributed by atoms with Crippen LogP contribution in [0, 0.1) is 0 Å². The van der Waals surface area contributed by atoms with Crippen molar-refractivity contribution in [2.45, 2.75) is 49.1 Å². The molecule has 240 valence electrons. The molecule has 0 spiro atoms. The van der Waals surface area contributed by atoms with E-state index in [1.807, 2.05) is 0 Å². The van der Waals surface area contributed by atoms with Gasteiger partial charge < -0.3 is 44.3 Å². The van der Waals surface area contributed by atoms with E-state index in [4.69, 9.17) is 56.9 Å². The molecule has 3 aliphatic rings. The molecule has 6 N–H and O–H groups in total. The second-order valence-corrected chi connectivity index (χ2v) is 15.9. The molecule has 0 saturated carbocycles. The molecule has 3 fully saturated rings. The van der Waals surface area contributed by atoms with Crippen molar-refractivity contribution in [1.82, 2.24) is 29.1 Å². The Hall–Kier alpha value is -2.39. The van der Waals surface area contributed by atoms with Gasteiger partial charge in [0, 0.05) is 0 Å². The maximum atomic E-state index is 13.3. The highest BCUT2D eigenvalue weighted by molar-refractivity contribution is 8.07. The number of fused-ring (bicyclic) bond motifs is 5. The van der Waals surface area contributed by atoms with Crippen molar-refractivity contribution in [1.29, 1.82) is 0 Å². The Morgan fingerprint density at radius 1 is 0.844 bits per heavy atom. The van der Waals surface area contributed by atoms with Gasteiger partial charge in [0.05, 0.1) is 30.4 Å². The molecule has 6 heterocycles. The molecule has 3 saturated heterocycles. The fourth-order valence-corrected chi connectivity index (χ4v) is 8.29. The number of imidazole rings is 1. The minimum Gasteiger partial charge on any atom is -0.387 e. The van der Waals surface area contributed by atoms with Gasteiger partial charge in [-0.3, -0.25) is 23.0 Å². The molecule has 0 amide bonds. The monoisotopic (exact) mass is 701 g/mol. The number of aromatic nitrogens is 6. The molecule has 45 heavy (non-hydrogen) atoms. The minimum atomic E-state index is -4.20. The van der Waals surface area contributed by atoms with Crippen LogP contribution in [0.2, 0.25) is 0 Å². The summed E-state index contributed by atoms with van der Waals surface area (Å²) in [7, 11) is 0. The van der Waals surface area contributed by atoms with Crippen LogP contribution in [0.25, 0.3) is 22.1 Å². The molecular formula is C23H25N7O11P2S2. The highest BCUT2D eigenvalue weighted by Crippen LogP contribution is 2.54. The van der Waals surface area contributed by atoms with E-state index < -0.39 is 81.3 Å². The first-order valence-electron chi connectivity index (χ1n) is 13.3. The van der Waals surface area contributed by atoms with E-state index in [-0.39, 0.29) is 22.4 Å². The zero-order valence-corrected chi connectivity index (χ0v) is 26.1. The fraction of sp³-hybridized carbons (Fsp3) is 0.435. The highest BCUT2D eigenvalue weighted by Gasteiger charge is 2.52. The molecule has 10 atom stereocenters. The first-order chi connectivity index (χ1) is 21.4. The van der Waals surface area contributed by atoms with Gasteiger partial charge in [-0.15, -0.1) is 0 Å². The average molecular weight is 702 g/mol. The molecule has 2 bridgehead atoms. The Labute approximate surface area is 262 Å². The molecule has 0 radical (unpaired) electrons. The molecule has 1 aromatic carbocycles. The maximum Gasteiger partial charge on any atom is 0.325 e. The van der Waals surface area contributed by atoms with E-state index in [0.717, 1.165) is 4.57 Å². The average Bonchev–Trinajstić information content (AvgIpc) is 3.66. The Balaban J connectivity index is 1.20. The molecule has 4 aromatic rings. The van der Waals surface area contributed by atoms with Crippen LogP contribution in [0.4, 0.5) is 5.82 Å². The summed E-state index contributed by atoms with van der Waals surface area (Å²) < 4.78 is 37.0. The normalized spacial score (nSPS) is 37.6. The van der Waals surface area contributed by atoms with Crippen molar-refractivity contribution in [3.8, 4) is 0 Å². The van der Waals surface area contributed by atoms with Gasteiger partial charge in [-0.2, -0.15) is 0 Å². The fourth-order valence-electron chi connectivity index (χ4n) is 5.43. The van der Waals surface area contributed by atoms with Crippen LogP contribution >= 0.6 is 13.4 Å². The first-order valence-corrected chi connectivity index (χ1v) is 18.5. The number of para-hydroxylation sites is 1. The summed E-state index contributed by atoms with van der Waals surface area (Å²) in [4.78, 5) is 51.9. The van der Waals surface area contributed by atoms with Crippen molar-refractivity contribution < 1.29 is 47.6 Å². The lowest BCUT2D eigenvalue weighted by Crippen LogP contribution is -2.37. The number of ether oxygens (including phenoxy) is 2. The number of rotatable bonds is 2. The van der Waals surface area contributed by atoms with E-state index in [1.165, 1.54) is 23.5 Å². The summed E-state index contributed by atoms with van der Waals surface area (Å²) in [6, 6.07) is 6.62. The van der Waals surface area contributed by atoms with Gasteiger partial charge in [-0.1, -0.05) is 12.1 Å². The lowest BCUT2D eigenvalue weighted by atomic mass is 10.1. The number of benzene rings is 1. The quantitative estimate of drug-likeness (QED) is 0.167. The van der Waals surface area contributed by atoms with Crippen molar-refractivity contribution in [3.63, 3.8) is 0 Å². The van der Waals surface area contributed by atoms with Gasteiger partial charge in [-0.25, -0.2) is 19.9 Å². The number of hydrogen-bond donors (Lipinski definition) is 5. The minimum absolute atomic E-state index is 0.0962. The summed E-state index contributed by atoms with van der Waals surface area (Å²) in [5, 5.41) is 22.7. The van der Waals surface area contributed by atoms with E-state index >= 15 is 0 Å². The number of hydrogen-bond acceptors (Lipinski definition) is 16. The molecule has 7 rings (SSSR count). The molecule has 3 aromatic heterocycles. The predicted molar refractivity (Wildman–Crippen MR) is 160 cm³/mol. The Bertz CT molecular complexity index is 1930. The summed E-state index contributed by atoms with van der Waals surface area (Å²) in [6.07, 6.45) is -7.08. The van der Waals surface area contributed by atoms with Gasteiger partial charge >= 0.3 is 13.4 Å². The van der Waals surface area contributed by atoms with Gasteiger partial charge in [0.2, 0.25) is 0 Å². The van der Waals surface area contributed by atoms with Crippen molar-refractivity contribution in [3.05, 3.63) is 53.6 Å². The third-order valence-electron chi connectivity index (χ3n) is 7.56. The molecule has 18 nitrogen and oxygen atoms in total. The summed E-state index contributed by atoms with van der Waals surface area (Å²) >= 11 is 10.5.